The van der Waals surface area contributed by atoms with E-state index in [1.807, 2.05) is 43.3 Å². The predicted octanol–water partition coefficient (Wildman–Crippen LogP) is 3.72. The highest BCUT2D eigenvalue weighted by Gasteiger charge is 2.15. The van der Waals surface area contributed by atoms with Crippen molar-refractivity contribution in [2.75, 3.05) is 20.8 Å². The van der Waals surface area contributed by atoms with Gasteiger partial charge in [0.1, 0.15) is 17.2 Å². The van der Waals surface area contributed by atoms with Crippen LogP contribution in [0.3, 0.4) is 0 Å². The molecule has 0 unspecified atom stereocenters. The van der Waals surface area contributed by atoms with Gasteiger partial charge in [0.05, 0.1) is 20.3 Å². The SMILES string of the molecule is COc1ccc(OC)c([C@H](C)NC(=O)COc2cccc(Br)c2)c1. The predicted molar refractivity (Wildman–Crippen MR) is 95.7 cm³/mol. The van der Waals surface area contributed by atoms with E-state index in [1.54, 1.807) is 20.3 Å². The van der Waals surface area contributed by atoms with E-state index in [1.165, 1.54) is 0 Å². The Morgan fingerprint density at radius 3 is 2.58 bits per heavy atom. The van der Waals surface area contributed by atoms with Gasteiger partial charge in [-0.1, -0.05) is 22.0 Å². The largest absolute Gasteiger partial charge is 0.497 e. The van der Waals surface area contributed by atoms with E-state index in [9.17, 15) is 4.79 Å². The third-order valence-corrected chi connectivity index (χ3v) is 3.94. The van der Waals surface area contributed by atoms with Gasteiger partial charge >= 0.3 is 0 Å². The molecule has 5 nitrogen and oxygen atoms in total. The van der Waals surface area contributed by atoms with Gasteiger partial charge in [-0.3, -0.25) is 4.79 Å². The normalized spacial score (nSPS) is 11.5. The second-order valence-corrected chi connectivity index (χ2v) is 6.06. The molecule has 1 N–H and O–H groups in total. The molecule has 0 saturated carbocycles. The second kappa shape index (κ2) is 8.59. The zero-order valence-electron chi connectivity index (χ0n) is 13.8. The second-order valence-electron chi connectivity index (χ2n) is 5.14. The molecule has 2 aromatic carbocycles. The van der Waals surface area contributed by atoms with Gasteiger partial charge in [-0.15, -0.1) is 0 Å². The van der Waals surface area contributed by atoms with Crippen molar-refractivity contribution in [3.05, 3.63) is 52.5 Å². The first-order chi connectivity index (χ1) is 11.5. The Hall–Kier alpha value is -2.21. The summed E-state index contributed by atoms with van der Waals surface area (Å²) >= 11 is 3.36. The van der Waals surface area contributed by atoms with Gasteiger partial charge in [0.15, 0.2) is 6.61 Å². The van der Waals surface area contributed by atoms with Crippen LogP contribution in [0.2, 0.25) is 0 Å². The molecular formula is C18H20BrNO4. The van der Waals surface area contributed by atoms with Crippen LogP contribution in [0.1, 0.15) is 18.5 Å². The third-order valence-electron chi connectivity index (χ3n) is 3.45. The van der Waals surface area contributed by atoms with Gasteiger partial charge in [-0.2, -0.15) is 0 Å². The average Bonchev–Trinajstić information content (AvgIpc) is 2.59. The molecule has 0 aliphatic carbocycles. The van der Waals surface area contributed by atoms with Crippen molar-refractivity contribution in [3.8, 4) is 17.2 Å². The lowest BCUT2D eigenvalue weighted by Gasteiger charge is -2.18. The van der Waals surface area contributed by atoms with Gasteiger partial charge in [0.2, 0.25) is 0 Å². The molecule has 1 atom stereocenters. The van der Waals surface area contributed by atoms with Gasteiger partial charge in [-0.05, 0) is 43.3 Å². The van der Waals surface area contributed by atoms with Crippen LogP contribution in [0.4, 0.5) is 0 Å². The fraction of sp³-hybridized carbons (Fsp3) is 0.278. The smallest absolute Gasteiger partial charge is 0.258 e. The van der Waals surface area contributed by atoms with E-state index in [-0.39, 0.29) is 18.6 Å². The van der Waals surface area contributed by atoms with Crippen LogP contribution in [-0.4, -0.2) is 26.7 Å². The molecule has 0 bridgehead atoms. The van der Waals surface area contributed by atoms with Crippen LogP contribution in [-0.2, 0) is 4.79 Å². The lowest BCUT2D eigenvalue weighted by molar-refractivity contribution is -0.123. The molecule has 6 heteroatoms. The Morgan fingerprint density at radius 2 is 1.92 bits per heavy atom. The van der Waals surface area contributed by atoms with Crippen molar-refractivity contribution in [3.63, 3.8) is 0 Å². The Kier molecular flexibility index (Phi) is 6.49. The number of hydrogen-bond acceptors (Lipinski definition) is 4. The van der Waals surface area contributed by atoms with Crippen molar-refractivity contribution in [2.45, 2.75) is 13.0 Å². The van der Waals surface area contributed by atoms with Crippen LogP contribution in [0.15, 0.2) is 46.9 Å². The lowest BCUT2D eigenvalue weighted by Crippen LogP contribution is -2.31. The number of nitrogens with one attached hydrogen (secondary N) is 1. The van der Waals surface area contributed by atoms with Gasteiger partial charge in [0.25, 0.3) is 5.91 Å². The first kappa shape index (κ1) is 18.1. The van der Waals surface area contributed by atoms with E-state index >= 15 is 0 Å². The molecule has 0 radical (unpaired) electrons. The Bertz CT molecular complexity index is 705. The van der Waals surface area contributed by atoms with E-state index in [0.29, 0.717) is 17.2 Å². The van der Waals surface area contributed by atoms with Crippen LogP contribution >= 0.6 is 15.9 Å². The molecule has 0 fully saturated rings. The van der Waals surface area contributed by atoms with Crippen LogP contribution in [0.25, 0.3) is 0 Å². The number of benzene rings is 2. The molecule has 128 valence electrons. The maximum absolute atomic E-state index is 12.1. The van der Waals surface area contributed by atoms with Crippen molar-refractivity contribution in [1.29, 1.82) is 0 Å². The number of ether oxygens (including phenoxy) is 3. The average molecular weight is 394 g/mol. The number of amides is 1. The number of hydrogen-bond donors (Lipinski definition) is 1. The maximum Gasteiger partial charge on any atom is 0.258 e. The summed E-state index contributed by atoms with van der Waals surface area (Å²) in [5.41, 5.74) is 0.840. The van der Waals surface area contributed by atoms with Crippen LogP contribution < -0.4 is 19.5 Å². The summed E-state index contributed by atoms with van der Waals surface area (Å²) in [7, 11) is 3.19. The van der Waals surface area contributed by atoms with Crippen molar-refractivity contribution < 1.29 is 19.0 Å². The van der Waals surface area contributed by atoms with Crippen molar-refractivity contribution >= 4 is 21.8 Å². The topological polar surface area (TPSA) is 56.8 Å². The van der Waals surface area contributed by atoms with Crippen molar-refractivity contribution in [1.82, 2.24) is 5.32 Å². The highest BCUT2D eigenvalue weighted by Crippen LogP contribution is 2.29. The van der Waals surface area contributed by atoms with Gasteiger partial charge in [0, 0.05) is 10.0 Å². The minimum Gasteiger partial charge on any atom is -0.497 e. The molecule has 24 heavy (non-hydrogen) atoms. The highest BCUT2D eigenvalue weighted by atomic mass is 79.9. The Morgan fingerprint density at radius 1 is 1.12 bits per heavy atom. The molecule has 2 rings (SSSR count). The first-order valence-corrected chi connectivity index (χ1v) is 8.22. The summed E-state index contributed by atoms with van der Waals surface area (Å²) in [5.74, 6) is 1.81. The minimum absolute atomic E-state index is 0.0624. The molecule has 0 spiro atoms. The summed E-state index contributed by atoms with van der Waals surface area (Å²) in [6.07, 6.45) is 0. The molecule has 0 heterocycles. The van der Waals surface area contributed by atoms with E-state index in [0.717, 1.165) is 10.0 Å². The fourth-order valence-corrected chi connectivity index (χ4v) is 2.62. The Balaban J connectivity index is 1.98. The molecule has 0 saturated heterocycles. The third kappa shape index (κ3) is 4.89. The zero-order valence-corrected chi connectivity index (χ0v) is 15.4. The van der Waals surface area contributed by atoms with E-state index < -0.39 is 0 Å². The molecule has 1 amide bonds. The number of methoxy groups -OCH3 is 2. The standard InChI is InChI=1S/C18H20BrNO4/c1-12(16-10-14(22-2)7-8-17(16)23-3)20-18(21)11-24-15-6-4-5-13(19)9-15/h4-10,12H,11H2,1-3H3,(H,20,21)/t12-/m0/s1. The minimum atomic E-state index is -0.242. The van der Waals surface area contributed by atoms with Crippen LogP contribution in [0, 0.1) is 0 Å². The fourth-order valence-electron chi connectivity index (χ4n) is 2.24. The van der Waals surface area contributed by atoms with Crippen LogP contribution in [0.5, 0.6) is 17.2 Å². The van der Waals surface area contributed by atoms with E-state index in [2.05, 4.69) is 21.2 Å². The summed E-state index contributed by atoms with van der Waals surface area (Å²) in [6, 6.07) is 12.6. The molecule has 0 aliphatic heterocycles. The van der Waals surface area contributed by atoms with Gasteiger partial charge < -0.3 is 19.5 Å². The number of carbonyl (C=O) groups excluding carboxylic acids is 1. The molecule has 2 aromatic rings. The Labute approximate surface area is 150 Å². The summed E-state index contributed by atoms with van der Waals surface area (Å²) < 4.78 is 17.0. The number of halogens is 1. The first-order valence-electron chi connectivity index (χ1n) is 7.43. The lowest BCUT2D eigenvalue weighted by atomic mass is 10.1. The highest BCUT2D eigenvalue weighted by molar-refractivity contribution is 9.10. The summed E-state index contributed by atoms with van der Waals surface area (Å²) in [5, 5.41) is 2.90. The number of carbonyl (C=O) groups is 1. The summed E-state index contributed by atoms with van der Waals surface area (Å²) in [4.78, 5) is 12.1. The number of rotatable bonds is 7. The summed E-state index contributed by atoms with van der Waals surface area (Å²) in [6.45, 7) is 1.82. The van der Waals surface area contributed by atoms with E-state index in [4.69, 9.17) is 14.2 Å². The maximum atomic E-state index is 12.1. The molecule has 0 aromatic heterocycles. The quantitative estimate of drug-likeness (QED) is 0.778. The molecular weight excluding hydrogens is 374 g/mol. The van der Waals surface area contributed by atoms with Gasteiger partial charge in [-0.25, -0.2) is 0 Å². The zero-order chi connectivity index (χ0) is 17.5. The van der Waals surface area contributed by atoms with Crippen molar-refractivity contribution in [2.24, 2.45) is 0 Å². The monoisotopic (exact) mass is 393 g/mol. The molecule has 0 aliphatic rings.